The van der Waals surface area contributed by atoms with Crippen LogP contribution in [-0.2, 0) is 0 Å². The molecule has 2 fully saturated rings. The first-order valence-corrected chi connectivity index (χ1v) is 8.33. The van der Waals surface area contributed by atoms with Gasteiger partial charge in [-0.3, -0.25) is 0 Å². The molecule has 1 aliphatic carbocycles. The maximum Gasteiger partial charge on any atom is 0.0771 e. The second kappa shape index (κ2) is 7.61. The summed E-state index contributed by atoms with van der Waals surface area (Å²) in [6, 6.07) is 0.755. The van der Waals surface area contributed by atoms with Crippen molar-refractivity contribution in [3.63, 3.8) is 0 Å². The minimum atomic E-state index is -0.422. The summed E-state index contributed by atoms with van der Waals surface area (Å²) in [5.41, 5.74) is -0.422. The molecule has 0 spiro atoms. The third kappa shape index (κ3) is 5.05. The fourth-order valence-electron chi connectivity index (χ4n) is 3.66. The van der Waals surface area contributed by atoms with Crippen molar-refractivity contribution in [2.24, 2.45) is 0 Å². The van der Waals surface area contributed by atoms with Crippen LogP contribution in [0.5, 0.6) is 0 Å². The van der Waals surface area contributed by atoms with Crippen molar-refractivity contribution in [1.82, 2.24) is 10.2 Å². The van der Waals surface area contributed by atoms with Gasteiger partial charge in [0.25, 0.3) is 0 Å². The zero-order valence-corrected chi connectivity index (χ0v) is 12.7. The van der Waals surface area contributed by atoms with E-state index in [1.807, 2.05) is 0 Å². The second-order valence-corrected chi connectivity index (χ2v) is 6.73. The van der Waals surface area contributed by atoms with Crippen LogP contribution in [0, 0.1) is 0 Å². The molecule has 2 aliphatic rings. The van der Waals surface area contributed by atoms with Crippen LogP contribution in [0.3, 0.4) is 0 Å². The number of nitrogens with one attached hydrogen (secondary N) is 1. The Morgan fingerprint density at radius 3 is 2.53 bits per heavy atom. The van der Waals surface area contributed by atoms with Crippen LogP contribution in [0.15, 0.2) is 0 Å². The number of rotatable bonds is 5. The smallest absolute Gasteiger partial charge is 0.0771 e. The molecule has 0 bridgehead atoms. The van der Waals surface area contributed by atoms with E-state index in [0.717, 1.165) is 32.0 Å². The highest BCUT2D eigenvalue weighted by Gasteiger charge is 2.27. The van der Waals surface area contributed by atoms with E-state index in [9.17, 15) is 5.11 Å². The standard InChI is InChI=1S/C16H32N2O/c1-18-13-7-4-8-15(18)9-12-17-14-16(19)10-5-2-3-6-11-16/h15,17,19H,2-14H2,1H3. The highest BCUT2D eigenvalue weighted by atomic mass is 16.3. The Morgan fingerprint density at radius 2 is 1.84 bits per heavy atom. The predicted octanol–water partition coefficient (Wildman–Crippen LogP) is 2.54. The fraction of sp³-hybridized carbons (Fsp3) is 1.00. The van der Waals surface area contributed by atoms with Crippen LogP contribution in [0.1, 0.15) is 64.2 Å². The first-order valence-electron chi connectivity index (χ1n) is 8.33. The van der Waals surface area contributed by atoms with Crippen molar-refractivity contribution in [1.29, 1.82) is 0 Å². The van der Waals surface area contributed by atoms with E-state index >= 15 is 0 Å². The van der Waals surface area contributed by atoms with E-state index in [-0.39, 0.29) is 0 Å². The number of nitrogens with zero attached hydrogens (tertiary/aromatic N) is 1. The van der Waals surface area contributed by atoms with Gasteiger partial charge in [-0.25, -0.2) is 0 Å². The van der Waals surface area contributed by atoms with E-state index in [0.29, 0.717) is 0 Å². The molecule has 1 heterocycles. The maximum absolute atomic E-state index is 10.6. The van der Waals surface area contributed by atoms with Gasteiger partial charge in [0.05, 0.1) is 5.60 Å². The molecular formula is C16H32N2O. The van der Waals surface area contributed by atoms with Gasteiger partial charge in [-0.1, -0.05) is 32.1 Å². The molecule has 0 aromatic rings. The maximum atomic E-state index is 10.6. The van der Waals surface area contributed by atoms with Crippen molar-refractivity contribution in [2.75, 3.05) is 26.7 Å². The lowest BCUT2D eigenvalue weighted by Gasteiger charge is -2.33. The summed E-state index contributed by atoms with van der Waals surface area (Å²) in [6.07, 6.45) is 12.3. The van der Waals surface area contributed by atoms with Crippen LogP contribution >= 0.6 is 0 Å². The lowest BCUT2D eigenvalue weighted by atomic mass is 9.94. The summed E-state index contributed by atoms with van der Waals surface area (Å²) in [7, 11) is 2.25. The third-order valence-corrected chi connectivity index (χ3v) is 5.06. The average Bonchev–Trinajstić information content (AvgIpc) is 2.62. The topological polar surface area (TPSA) is 35.5 Å². The van der Waals surface area contributed by atoms with Crippen LogP contribution in [-0.4, -0.2) is 48.3 Å². The summed E-state index contributed by atoms with van der Waals surface area (Å²) in [5.74, 6) is 0. The molecule has 0 aromatic carbocycles. The molecule has 2 N–H and O–H groups in total. The molecule has 0 aromatic heterocycles. The SMILES string of the molecule is CN1CCCCC1CCNCC1(O)CCCCCC1. The minimum Gasteiger partial charge on any atom is -0.389 e. The Hall–Kier alpha value is -0.120. The Balaban J connectivity index is 1.62. The quantitative estimate of drug-likeness (QED) is 0.594. The predicted molar refractivity (Wildman–Crippen MR) is 80.4 cm³/mol. The van der Waals surface area contributed by atoms with Gasteiger partial charge in [0, 0.05) is 12.6 Å². The van der Waals surface area contributed by atoms with Crippen molar-refractivity contribution in [3.05, 3.63) is 0 Å². The third-order valence-electron chi connectivity index (χ3n) is 5.06. The average molecular weight is 268 g/mol. The van der Waals surface area contributed by atoms with Gasteiger partial charge < -0.3 is 15.3 Å². The van der Waals surface area contributed by atoms with Crippen LogP contribution in [0.2, 0.25) is 0 Å². The first kappa shape index (κ1) is 15.3. The molecule has 1 unspecified atom stereocenters. The van der Waals surface area contributed by atoms with Gasteiger partial charge in [0.1, 0.15) is 0 Å². The zero-order chi connectivity index (χ0) is 13.6. The van der Waals surface area contributed by atoms with Gasteiger partial charge in [-0.15, -0.1) is 0 Å². The number of piperidine rings is 1. The molecule has 0 radical (unpaired) electrons. The summed E-state index contributed by atoms with van der Waals surface area (Å²) in [6.45, 7) is 3.11. The van der Waals surface area contributed by atoms with Gasteiger partial charge in [0.15, 0.2) is 0 Å². The Morgan fingerprint density at radius 1 is 1.11 bits per heavy atom. The lowest BCUT2D eigenvalue weighted by Crippen LogP contribution is -2.43. The molecule has 1 saturated heterocycles. The van der Waals surface area contributed by atoms with E-state index in [4.69, 9.17) is 0 Å². The molecule has 0 amide bonds. The molecule has 3 heteroatoms. The van der Waals surface area contributed by atoms with E-state index in [1.165, 1.54) is 57.9 Å². The minimum absolute atomic E-state index is 0.422. The second-order valence-electron chi connectivity index (χ2n) is 6.73. The van der Waals surface area contributed by atoms with Crippen molar-refractivity contribution < 1.29 is 5.11 Å². The first-order chi connectivity index (χ1) is 9.20. The normalized spacial score (nSPS) is 29.1. The van der Waals surface area contributed by atoms with Crippen LogP contribution in [0.4, 0.5) is 0 Å². The highest BCUT2D eigenvalue weighted by molar-refractivity contribution is 4.83. The Bertz CT molecular complexity index is 249. The summed E-state index contributed by atoms with van der Waals surface area (Å²) in [5, 5.41) is 14.1. The molecule has 2 rings (SSSR count). The molecule has 19 heavy (non-hydrogen) atoms. The summed E-state index contributed by atoms with van der Waals surface area (Å²) >= 11 is 0. The van der Waals surface area contributed by atoms with E-state index in [2.05, 4.69) is 17.3 Å². The van der Waals surface area contributed by atoms with Crippen molar-refractivity contribution in [3.8, 4) is 0 Å². The molecule has 3 nitrogen and oxygen atoms in total. The Kier molecular flexibility index (Phi) is 6.11. The monoisotopic (exact) mass is 268 g/mol. The number of hydrogen-bond acceptors (Lipinski definition) is 3. The van der Waals surface area contributed by atoms with Gasteiger partial charge in [-0.05, 0) is 52.2 Å². The van der Waals surface area contributed by atoms with Crippen molar-refractivity contribution in [2.45, 2.75) is 75.9 Å². The van der Waals surface area contributed by atoms with E-state index < -0.39 is 5.60 Å². The zero-order valence-electron chi connectivity index (χ0n) is 12.7. The molecule has 1 saturated carbocycles. The molecule has 1 atom stereocenters. The number of aliphatic hydroxyl groups is 1. The van der Waals surface area contributed by atoms with Gasteiger partial charge >= 0.3 is 0 Å². The Labute approximate surface area is 118 Å². The summed E-state index contributed by atoms with van der Waals surface area (Å²) < 4.78 is 0. The van der Waals surface area contributed by atoms with Crippen LogP contribution < -0.4 is 5.32 Å². The lowest BCUT2D eigenvalue weighted by molar-refractivity contribution is 0.0248. The summed E-state index contributed by atoms with van der Waals surface area (Å²) in [4.78, 5) is 2.51. The number of hydrogen-bond donors (Lipinski definition) is 2. The highest BCUT2D eigenvalue weighted by Crippen LogP contribution is 2.26. The largest absolute Gasteiger partial charge is 0.389 e. The van der Waals surface area contributed by atoms with Gasteiger partial charge in [-0.2, -0.15) is 0 Å². The van der Waals surface area contributed by atoms with Crippen molar-refractivity contribution >= 4 is 0 Å². The number of likely N-dealkylation sites (tertiary alicyclic amines) is 1. The molecular weight excluding hydrogens is 236 g/mol. The van der Waals surface area contributed by atoms with E-state index in [1.54, 1.807) is 0 Å². The fourth-order valence-corrected chi connectivity index (χ4v) is 3.66. The molecule has 112 valence electrons. The molecule has 1 aliphatic heterocycles. The van der Waals surface area contributed by atoms with Crippen LogP contribution in [0.25, 0.3) is 0 Å². The van der Waals surface area contributed by atoms with Gasteiger partial charge in [0.2, 0.25) is 0 Å².